The van der Waals surface area contributed by atoms with Gasteiger partial charge in [0.1, 0.15) is 5.56 Å². The van der Waals surface area contributed by atoms with Crippen molar-refractivity contribution in [2.75, 3.05) is 5.73 Å². The van der Waals surface area contributed by atoms with Gasteiger partial charge in [-0.2, -0.15) is 0 Å². The number of nitrogens with two attached hydrogens (primary N) is 1. The zero-order valence-electron chi connectivity index (χ0n) is 12.8. The maximum Gasteiger partial charge on any atom is 0.328 e. The second-order valence-electron chi connectivity index (χ2n) is 5.75. The molecule has 7 heteroatoms. The van der Waals surface area contributed by atoms with Crippen molar-refractivity contribution in [3.05, 3.63) is 61.9 Å². The van der Waals surface area contributed by atoms with E-state index in [-0.39, 0.29) is 11.6 Å². The molecular weight excluding hydrogens is 296 g/mol. The van der Waals surface area contributed by atoms with E-state index >= 15 is 0 Å². The van der Waals surface area contributed by atoms with Gasteiger partial charge in [-0.15, -0.1) is 0 Å². The van der Waals surface area contributed by atoms with Crippen LogP contribution < -0.4 is 22.3 Å². The summed E-state index contributed by atoms with van der Waals surface area (Å²) in [7, 11) is 1.33. The van der Waals surface area contributed by atoms with Gasteiger partial charge >= 0.3 is 5.69 Å². The lowest BCUT2D eigenvalue weighted by molar-refractivity contribution is 0.0930. The summed E-state index contributed by atoms with van der Waals surface area (Å²) in [5.74, 6) is -0.489. The van der Waals surface area contributed by atoms with E-state index in [4.69, 9.17) is 5.73 Å². The van der Waals surface area contributed by atoms with E-state index in [1.807, 2.05) is 18.2 Å². The number of hydrogen-bond donors (Lipinski definition) is 3. The molecule has 1 heterocycles. The van der Waals surface area contributed by atoms with Crippen molar-refractivity contribution in [3.63, 3.8) is 0 Å². The first kappa shape index (κ1) is 15.1. The summed E-state index contributed by atoms with van der Waals surface area (Å²) >= 11 is 0. The van der Waals surface area contributed by atoms with Gasteiger partial charge in [0.25, 0.3) is 11.5 Å². The third kappa shape index (κ3) is 2.77. The highest BCUT2D eigenvalue weighted by Crippen LogP contribution is 2.31. The van der Waals surface area contributed by atoms with E-state index in [1.54, 1.807) is 0 Å². The predicted octanol–water partition coefficient (Wildman–Crippen LogP) is 0.463. The van der Waals surface area contributed by atoms with E-state index in [9.17, 15) is 14.4 Å². The Kier molecular flexibility index (Phi) is 3.77. The molecule has 0 aliphatic heterocycles. The Morgan fingerprint density at radius 2 is 2.17 bits per heavy atom. The number of fused-ring (bicyclic) bond motifs is 1. The molecule has 1 aliphatic rings. The number of H-pyrrole nitrogens is 1. The average Bonchev–Trinajstić information content (AvgIpc) is 2.52. The number of amides is 1. The largest absolute Gasteiger partial charge is 0.399 e. The lowest BCUT2D eigenvalue weighted by Crippen LogP contribution is -2.40. The van der Waals surface area contributed by atoms with E-state index in [1.165, 1.54) is 7.05 Å². The van der Waals surface area contributed by atoms with Gasteiger partial charge in [0.15, 0.2) is 0 Å². The summed E-state index contributed by atoms with van der Waals surface area (Å²) in [6.45, 7) is 0. The average molecular weight is 314 g/mol. The van der Waals surface area contributed by atoms with Crippen LogP contribution in [-0.2, 0) is 13.5 Å². The number of hydrogen-bond acceptors (Lipinski definition) is 4. The molecule has 0 saturated carbocycles. The SMILES string of the molecule is Cn1c(=O)[nH]cc(C(=O)NC2CCCc3cc(N)ccc32)c1=O. The molecule has 1 aromatic carbocycles. The molecular formula is C16H18N4O3. The van der Waals surface area contributed by atoms with Crippen LogP contribution in [0.3, 0.4) is 0 Å². The Hall–Kier alpha value is -2.83. The first-order valence-electron chi connectivity index (χ1n) is 7.45. The zero-order chi connectivity index (χ0) is 16.6. The Balaban J connectivity index is 1.89. The molecule has 0 saturated heterocycles. The second kappa shape index (κ2) is 5.75. The summed E-state index contributed by atoms with van der Waals surface area (Å²) in [4.78, 5) is 38.2. The zero-order valence-corrected chi connectivity index (χ0v) is 12.8. The van der Waals surface area contributed by atoms with Gasteiger partial charge in [0.2, 0.25) is 0 Å². The summed E-state index contributed by atoms with van der Waals surface area (Å²) in [5.41, 5.74) is 7.42. The van der Waals surface area contributed by atoms with Gasteiger partial charge in [-0.1, -0.05) is 6.07 Å². The highest BCUT2D eigenvalue weighted by atomic mass is 16.2. The quantitative estimate of drug-likeness (QED) is 0.700. The fourth-order valence-corrected chi connectivity index (χ4v) is 2.95. The second-order valence-corrected chi connectivity index (χ2v) is 5.75. The normalized spacial score (nSPS) is 16.7. The molecule has 23 heavy (non-hydrogen) atoms. The van der Waals surface area contributed by atoms with Crippen LogP contribution in [0.4, 0.5) is 5.69 Å². The van der Waals surface area contributed by atoms with Crippen LogP contribution in [0, 0.1) is 0 Å². The molecule has 0 fully saturated rings. The lowest BCUT2D eigenvalue weighted by atomic mass is 9.87. The van der Waals surface area contributed by atoms with Crippen molar-refractivity contribution in [1.82, 2.24) is 14.9 Å². The number of anilines is 1. The maximum atomic E-state index is 12.4. The molecule has 4 N–H and O–H groups in total. The molecule has 1 aromatic heterocycles. The van der Waals surface area contributed by atoms with E-state index < -0.39 is 17.2 Å². The highest BCUT2D eigenvalue weighted by Gasteiger charge is 2.23. The van der Waals surface area contributed by atoms with Crippen molar-refractivity contribution in [1.29, 1.82) is 0 Å². The smallest absolute Gasteiger partial charge is 0.328 e. The Morgan fingerprint density at radius 1 is 1.39 bits per heavy atom. The fourth-order valence-electron chi connectivity index (χ4n) is 2.95. The van der Waals surface area contributed by atoms with Crippen LogP contribution in [0.2, 0.25) is 0 Å². The minimum absolute atomic E-state index is 0.0744. The monoisotopic (exact) mass is 314 g/mol. The number of aromatic nitrogens is 2. The third-order valence-electron chi connectivity index (χ3n) is 4.21. The van der Waals surface area contributed by atoms with Gasteiger partial charge in [-0.3, -0.25) is 14.2 Å². The number of benzene rings is 1. The van der Waals surface area contributed by atoms with Crippen LogP contribution in [0.25, 0.3) is 0 Å². The number of carbonyl (C=O) groups is 1. The van der Waals surface area contributed by atoms with Crippen molar-refractivity contribution in [3.8, 4) is 0 Å². The predicted molar refractivity (Wildman–Crippen MR) is 86.3 cm³/mol. The van der Waals surface area contributed by atoms with Gasteiger partial charge in [-0.25, -0.2) is 4.79 Å². The molecule has 0 radical (unpaired) electrons. The van der Waals surface area contributed by atoms with Gasteiger partial charge in [0, 0.05) is 18.9 Å². The molecule has 1 amide bonds. The molecule has 3 rings (SSSR count). The van der Waals surface area contributed by atoms with Crippen LogP contribution in [0.15, 0.2) is 34.0 Å². The first-order chi connectivity index (χ1) is 11.0. The van der Waals surface area contributed by atoms with Crippen LogP contribution in [0.1, 0.15) is 40.4 Å². The molecule has 1 aliphatic carbocycles. The number of nitrogen functional groups attached to an aromatic ring is 1. The van der Waals surface area contributed by atoms with Crippen LogP contribution in [-0.4, -0.2) is 15.5 Å². The van der Waals surface area contributed by atoms with Gasteiger partial charge in [-0.05, 0) is 42.5 Å². The van der Waals surface area contributed by atoms with E-state index in [2.05, 4.69) is 10.3 Å². The van der Waals surface area contributed by atoms with Crippen molar-refractivity contribution in [2.45, 2.75) is 25.3 Å². The summed E-state index contributed by atoms with van der Waals surface area (Å²) in [5, 5.41) is 2.88. The minimum atomic E-state index is -0.611. The molecule has 1 atom stereocenters. The van der Waals surface area contributed by atoms with Crippen LogP contribution in [0.5, 0.6) is 0 Å². The van der Waals surface area contributed by atoms with Crippen molar-refractivity contribution in [2.24, 2.45) is 7.05 Å². The maximum absolute atomic E-state index is 12.4. The number of nitrogens with zero attached hydrogens (tertiary/aromatic N) is 1. The summed E-state index contributed by atoms with van der Waals surface area (Å²) in [6.07, 6.45) is 3.82. The molecule has 2 aromatic rings. The Bertz CT molecular complexity index is 882. The summed E-state index contributed by atoms with van der Waals surface area (Å²) in [6, 6.07) is 5.48. The highest BCUT2D eigenvalue weighted by molar-refractivity contribution is 5.93. The fraction of sp³-hybridized carbons (Fsp3) is 0.312. The van der Waals surface area contributed by atoms with Crippen LogP contribution >= 0.6 is 0 Å². The minimum Gasteiger partial charge on any atom is -0.399 e. The molecule has 1 unspecified atom stereocenters. The van der Waals surface area contributed by atoms with Gasteiger partial charge in [0.05, 0.1) is 6.04 Å². The van der Waals surface area contributed by atoms with Crippen molar-refractivity contribution >= 4 is 11.6 Å². The lowest BCUT2D eigenvalue weighted by Gasteiger charge is -2.26. The Labute approximate surface area is 132 Å². The Morgan fingerprint density at radius 3 is 2.96 bits per heavy atom. The number of aromatic amines is 1. The third-order valence-corrected chi connectivity index (χ3v) is 4.21. The summed E-state index contributed by atoms with van der Waals surface area (Å²) < 4.78 is 0.879. The number of carbonyl (C=O) groups excluding carboxylic acids is 1. The topological polar surface area (TPSA) is 110 Å². The van der Waals surface area contributed by atoms with Gasteiger partial charge < -0.3 is 16.0 Å². The van der Waals surface area contributed by atoms with E-state index in [0.717, 1.165) is 41.2 Å². The van der Waals surface area contributed by atoms with Crippen molar-refractivity contribution < 1.29 is 4.79 Å². The molecule has 0 spiro atoms. The molecule has 120 valence electrons. The number of rotatable bonds is 2. The first-order valence-corrected chi connectivity index (χ1v) is 7.45. The molecule has 0 bridgehead atoms. The van der Waals surface area contributed by atoms with E-state index in [0.29, 0.717) is 5.69 Å². The molecule has 7 nitrogen and oxygen atoms in total. The standard InChI is InChI=1S/C16H18N4O3/c1-20-15(22)12(8-18-16(20)23)14(21)19-13-4-2-3-9-7-10(17)5-6-11(9)13/h5-8,13H,2-4,17H2,1H3,(H,18,23)(H,19,21). The number of aryl methyl sites for hydroxylation is 1. The number of nitrogens with one attached hydrogen (secondary N) is 2.